The zero-order valence-corrected chi connectivity index (χ0v) is 12.4. The highest BCUT2D eigenvalue weighted by Gasteiger charge is 2.03. The molecule has 4 heteroatoms. The van der Waals surface area contributed by atoms with Gasteiger partial charge in [-0.3, -0.25) is 0 Å². The van der Waals surface area contributed by atoms with E-state index in [2.05, 4.69) is 5.32 Å². The highest BCUT2D eigenvalue weighted by Crippen LogP contribution is 2.28. The van der Waals surface area contributed by atoms with Crippen LogP contribution in [0.3, 0.4) is 0 Å². The van der Waals surface area contributed by atoms with Gasteiger partial charge >= 0.3 is 0 Å². The molecule has 0 radical (unpaired) electrons. The summed E-state index contributed by atoms with van der Waals surface area (Å²) in [5.41, 5.74) is 1.59. The van der Waals surface area contributed by atoms with Crippen molar-refractivity contribution in [2.45, 2.75) is 6.54 Å². The number of phenolic OH excluding ortho intramolecular Hbond substituents is 2. The van der Waals surface area contributed by atoms with Crippen LogP contribution in [-0.4, -0.2) is 10.2 Å². The highest BCUT2D eigenvalue weighted by atomic mass is 16.5. The van der Waals surface area contributed by atoms with E-state index in [-0.39, 0.29) is 11.5 Å². The lowest BCUT2D eigenvalue weighted by molar-refractivity contribution is 0.452. The van der Waals surface area contributed by atoms with E-state index in [4.69, 9.17) is 4.74 Å². The largest absolute Gasteiger partial charge is 0.508 e. The third-order valence-electron chi connectivity index (χ3n) is 3.34. The SMILES string of the molecule is Oc1ccc(NCc2cccc(Oc3ccccc3)c2)c(O)c1. The molecule has 0 fully saturated rings. The summed E-state index contributed by atoms with van der Waals surface area (Å²) in [6.07, 6.45) is 0. The molecule has 0 aliphatic heterocycles. The van der Waals surface area contributed by atoms with Crippen LogP contribution in [0.2, 0.25) is 0 Å². The summed E-state index contributed by atoms with van der Waals surface area (Å²) in [6.45, 7) is 0.532. The normalized spacial score (nSPS) is 10.3. The van der Waals surface area contributed by atoms with Gasteiger partial charge in [-0.2, -0.15) is 0 Å². The van der Waals surface area contributed by atoms with E-state index in [9.17, 15) is 10.2 Å². The predicted molar refractivity (Wildman–Crippen MR) is 90.1 cm³/mol. The minimum atomic E-state index is 0.0155. The van der Waals surface area contributed by atoms with Gasteiger partial charge in [0.05, 0.1) is 5.69 Å². The molecule has 3 aromatic rings. The van der Waals surface area contributed by atoms with Crippen molar-refractivity contribution >= 4 is 5.69 Å². The lowest BCUT2D eigenvalue weighted by Gasteiger charge is -2.10. The lowest BCUT2D eigenvalue weighted by atomic mass is 10.2. The van der Waals surface area contributed by atoms with Crippen LogP contribution in [0.5, 0.6) is 23.0 Å². The van der Waals surface area contributed by atoms with E-state index in [1.807, 2.05) is 54.6 Å². The average Bonchev–Trinajstić information content (AvgIpc) is 2.55. The fraction of sp³-hybridized carbons (Fsp3) is 0.0526. The number of ether oxygens (including phenoxy) is 1. The average molecular weight is 307 g/mol. The third kappa shape index (κ3) is 3.95. The Kier molecular flexibility index (Phi) is 4.34. The fourth-order valence-electron chi connectivity index (χ4n) is 2.21. The second-order valence-corrected chi connectivity index (χ2v) is 5.12. The third-order valence-corrected chi connectivity index (χ3v) is 3.34. The highest BCUT2D eigenvalue weighted by molar-refractivity contribution is 5.58. The molecule has 0 unspecified atom stereocenters. The van der Waals surface area contributed by atoms with Crippen LogP contribution in [0, 0.1) is 0 Å². The molecule has 0 aromatic heterocycles. The zero-order valence-electron chi connectivity index (χ0n) is 12.4. The first-order valence-electron chi connectivity index (χ1n) is 7.28. The smallest absolute Gasteiger partial charge is 0.142 e. The molecule has 0 aliphatic carbocycles. The minimum Gasteiger partial charge on any atom is -0.508 e. The maximum Gasteiger partial charge on any atom is 0.142 e. The molecule has 23 heavy (non-hydrogen) atoms. The number of anilines is 1. The second kappa shape index (κ2) is 6.75. The second-order valence-electron chi connectivity index (χ2n) is 5.12. The molecule has 3 rings (SSSR count). The number of para-hydroxylation sites is 1. The minimum absolute atomic E-state index is 0.0155. The van der Waals surface area contributed by atoms with Gasteiger partial charge in [0.25, 0.3) is 0 Å². The van der Waals surface area contributed by atoms with Gasteiger partial charge in [0.15, 0.2) is 0 Å². The quantitative estimate of drug-likeness (QED) is 0.479. The van der Waals surface area contributed by atoms with Gasteiger partial charge < -0.3 is 20.3 Å². The zero-order chi connectivity index (χ0) is 16.1. The monoisotopic (exact) mass is 307 g/mol. The number of hydrogen-bond acceptors (Lipinski definition) is 4. The van der Waals surface area contributed by atoms with Crippen molar-refractivity contribution in [2.75, 3.05) is 5.32 Å². The molecule has 116 valence electrons. The van der Waals surface area contributed by atoms with Crippen LogP contribution in [-0.2, 0) is 6.54 Å². The molecular formula is C19H17NO3. The van der Waals surface area contributed by atoms with E-state index in [1.54, 1.807) is 6.07 Å². The van der Waals surface area contributed by atoms with Gasteiger partial charge in [0.2, 0.25) is 0 Å². The molecule has 0 saturated heterocycles. The Bertz CT molecular complexity index is 788. The van der Waals surface area contributed by atoms with E-state index >= 15 is 0 Å². The fourth-order valence-corrected chi connectivity index (χ4v) is 2.21. The molecule has 0 aliphatic rings. The molecule has 0 amide bonds. The van der Waals surface area contributed by atoms with Crippen LogP contribution in [0.15, 0.2) is 72.8 Å². The van der Waals surface area contributed by atoms with Gasteiger partial charge in [-0.25, -0.2) is 0 Å². The summed E-state index contributed by atoms with van der Waals surface area (Å²) >= 11 is 0. The first kappa shape index (κ1) is 14.8. The van der Waals surface area contributed by atoms with Gasteiger partial charge in [0, 0.05) is 12.6 Å². The van der Waals surface area contributed by atoms with E-state index < -0.39 is 0 Å². The van der Waals surface area contributed by atoms with Crippen molar-refractivity contribution < 1.29 is 14.9 Å². The van der Waals surface area contributed by atoms with Gasteiger partial charge in [-0.1, -0.05) is 30.3 Å². The molecule has 0 spiro atoms. The van der Waals surface area contributed by atoms with Crippen molar-refractivity contribution in [3.8, 4) is 23.0 Å². The van der Waals surface area contributed by atoms with Crippen LogP contribution >= 0.6 is 0 Å². The number of phenols is 2. The molecule has 0 heterocycles. The summed E-state index contributed by atoms with van der Waals surface area (Å²) in [6, 6.07) is 21.8. The lowest BCUT2D eigenvalue weighted by Crippen LogP contribution is -1.99. The Hall–Kier alpha value is -3.14. The van der Waals surface area contributed by atoms with Crippen LogP contribution < -0.4 is 10.1 Å². The van der Waals surface area contributed by atoms with Crippen LogP contribution in [0.25, 0.3) is 0 Å². The van der Waals surface area contributed by atoms with Crippen LogP contribution in [0.4, 0.5) is 5.69 Å². The summed E-state index contributed by atoms with van der Waals surface area (Å²) < 4.78 is 5.80. The Morgan fingerprint density at radius 2 is 1.57 bits per heavy atom. The molecule has 0 bridgehead atoms. The van der Waals surface area contributed by atoms with Gasteiger partial charge in [-0.15, -0.1) is 0 Å². The van der Waals surface area contributed by atoms with Crippen LogP contribution in [0.1, 0.15) is 5.56 Å². The van der Waals surface area contributed by atoms with Crippen molar-refractivity contribution in [1.29, 1.82) is 0 Å². The first-order chi connectivity index (χ1) is 11.2. The van der Waals surface area contributed by atoms with Gasteiger partial charge in [-0.05, 0) is 42.0 Å². The summed E-state index contributed by atoms with van der Waals surface area (Å²) in [7, 11) is 0. The number of rotatable bonds is 5. The summed E-state index contributed by atoms with van der Waals surface area (Å²) in [5.74, 6) is 1.59. The number of nitrogens with one attached hydrogen (secondary N) is 1. The van der Waals surface area contributed by atoms with E-state index in [1.165, 1.54) is 12.1 Å². The summed E-state index contributed by atoms with van der Waals surface area (Å²) in [5, 5.41) is 22.2. The number of aromatic hydroxyl groups is 2. The topological polar surface area (TPSA) is 61.7 Å². The van der Waals surface area contributed by atoms with E-state index in [0.717, 1.165) is 17.1 Å². The molecule has 3 aromatic carbocycles. The van der Waals surface area contributed by atoms with Crippen molar-refractivity contribution in [3.05, 3.63) is 78.4 Å². The Balaban J connectivity index is 1.68. The maximum absolute atomic E-state index is 9.77. The molecular weight excluding hydrogens is 290 g/mol. The predicted octanol–water partition coefficient (Wildman–Crippen LogP) is 4.50. The van der Waals surface area contributed by atoms with E-state index in [0.29, 0.717) is 12.2 Å². The number of hydrogen-bond donors (Lipinski definition) is 3. The Labute approximate surface area is 134 Å². The Morgan fingerprint density at radius 3 is 2.35 bits per heavy atom. The van der Waals surface area contributed by atoms with Crippen molar-refractivity contribution in [2.24, 2.45) is 0 Å². The molecule has 3 N–H and O–H groups in total. The van der Waals surface area contributed by atoms with Gasteiger partial charge in [0.1, 0.15) is 23.0 Å². The molecule has 0 saturated carbocycles. The number of benzene rings is 3. The maximum atomic E-state index is 9.77. The standard InChI is InChI=1S/C19H17NO3/c21-15-9-10-18(19(22)12-15)20-13-14-5-4-8-17(11-14)23-16-6-2-1-3-7-16/h1-12,20-22H,13H2. The first-order valence-corrected chi connectivity index (χ1v) is 7.28. The summed E-state index contributed by atoms with van der Waals surface area (Å²) in [4.78, 5) is 0. The molecule has 0 atom stereocenters. The van der Waals surface area contributed by atoms with Crippen molar-refractivity contribution in [1.82, 2.24) is 0 Å². The van der Waals surface area contributed by atoms with Crippen molar-refractivity contribution in [3.63, 3.8) is 0 Å². The Morgan fingerprint density at radius 1 is 0.783 bits per heavy atom. The molecule has 4 nitrogen and oxygen atoms in total.